The molecule has 0 saturated carbocycles. The van der Waals surface area contributed by atoms with E-state index in [-0.39, 0.29) is 11.4 Å². The van der Waals surface area contributed by atoms with E-state index >= 15 is 0 Å². The van der Waals surface area contributed by atoms with Gasteiger partial charge in [0, 0.05) is 17.4 Å². The molecular weight excluding hydrogens is 361 g/mol. The maximum absolute atomic E-state index is 12.3. The number of allylic oxidation sites excluding steroid dienone is 1. The quantitative estimate of drug-likeness (QED) is 0.699. The van der Waals surface area contributed by atoms with Gasteiger partial charge in [-0.1, -0.05) is 41.4 Å². The molecule has 0 unspecified atom stereocenters. The summed E-state index contributed by atoms with van der Waals surface area (Å²) < 4.78 is 1.26. The molecule has 1 aromatic heterocycles. The van der Waals surface area contributed by atoms with Crippen LogP contribution < -0.4 is 5.56 Å². The van der Waals surface area contributed by atoms with Gasteiger partial charge in [-0.15, -0.1) is 0 Å². The Bertz CT molecular complexity index is 1110. The third-order valence-electron chi connectivity index (χ3n) is 3.93. The number of hydrogen-bond acceptors (Lipinski definition) is 3. The zero-order chi connectivity index (χ0) is 17.6. The van der Waals surface area contributed by atoms with E-state index in [0.29, 0.717) is 15.7 Å². The van der Waals surface area contributed by atoms with Crippen LogP contribution in [0.2, 0.25) is 10.0 Å². The van der Waals surface area contributed by atoms with E-state index in [1.165, 1.54) is 4.68 Å². The molecule has 0 aliphatic carbocycles. The molecule has 2 N–H and O–H groups in total. The van der Waals surface area contributed by atoms with Crippen molar-refractivity contribution in [1.29, 1.82) is 0 Å². The first-order valence-corrected chi connectivity index (χ1v) is 8.15. The molecule has 3 aromatic rings. The van der Waals surface area contributed by atoms with E-state index < -0.39 is 5.56 Å². The van der Waals surface area contributed by atoms with Crippen LogP contribution in [0, 0.1) is 0 Å². The molecule has 4 rings (SSSR count). The Morgan fingerprint density at radius 2 is 1.92 bits per heavy atom. The van der Waals surface area contributed by atoms with Crippen molar-refractivity contribution in [3.8, 4) is 11.6 Å². The molecule has 0 atom stereocenters. The fourth-order valence-electron chi connectivity index (χ4n) is 2.69. The molecule has 2 aromatic carbocycles. The second-order valence-corrected chi connectivity index (χ2v) is 6.30. The maximum Gasteiger partial charge on any atom is 0.275 e. The van der Waals surface area contributed by atoms with Gasteiger partial charge in [0.2, 0.25) is 5.88 Å². The molecule has 25 heavy (non-hydrogen) atoms. The van der Waals surface area contributed by atoms with Crippen molar-refractivity contribution in [2.45, 2.75) is 0 Å². The number of fused-ring (bicyclic) bond motifs is 1. The lowest BCUT2D eigenvalue weighted by molar-refractivity contribution is 0.432. The number of aromatic nitrogens is 2. The summed E-state index contributed by atoms with van der Waals surface area (Å²) in [6.45, 7) is 0. The highest BCUT2D eigenvalue weighted by molar-refractivity contribution is 6.42. The van der Waals surface area contributed by atoms with Crippen LogP contribution in [0.3, 0.4) is 0 Å². The Balaban J connectivity index is 1.82. The van der Waals surface area contributed by atoms with Crippen molar-refractivity contribution in [2.75, 3.05) is 0 Å². The third kappa shape index (κ3) is 2.67. The number of rotatable bonds is 2. The minimum atomic E-state index is -0.422. The second kappa shape index (κ2) is 5.95. The molecule has 0 spiro atoms. The fraction of sp³-hybridized carbons (Fsp3) is 0. The normalized spacial score (nSPS) is 14.2. The molecule has 1 aliphatic heterocycles. The minimum absolute atomic E-state index is 0.143. The SMILES string of the molecule is O=c1[nH]n(-c2ccc(Cl)c(Cl)c2)c(O)c1/C=C1\C=Nc2ccccc21. The van der Waals surface area contributed by atoms with Crippen molar-refractivity contribution in [3.05, 3.63) is 74.0 Å². The van der Waals surface area contributed by atoms with Crippen LogP contribution in [-0.4, -0.2) is 21.1 Å². The highest BCUT2D eigenvalue weighted by Gasteiger charge is 2.17. The van der Waals surface area contributed by atoms with Gasteiger partial charge in [-0.05, 0) is 30.3 Å². The van der Waals surface area contributed by atoms with Crippen molar-refractivity contribution in [2.24, 2.45) is 4.99 Å². The number of aliphatic imine (C=N–C) groups is 1. The van der Waals surface area contributed by atoms with Crippen molar-refractivity contribution in [3.63, 3.8) is 0 Å². The minimum Gasteiger partial charge on any atom is -0.493 e. The monoisotopic (exact) mass is 371 g/mol. The van der Waals surface area contributed by atoms with Gasteiger partial charge in [0.15, 0.2) is 0 Å². The predicted molar refractivity (Wildman–Crippen MR) is 101 cm³/mol. The van der Waals surface area contributed by atoms with E-state index in [2.05, 4.69) is 10.1 Å². The number of benzene rings is 2. The smallest absolute Gasteiger partial charge is 0.275 e. The standard InChI is InChI=1S/C18H11Cl2N3O2/c19-14-6-5-11(8-15(14)20)23-18(25)13(17(24)22-23)7-10-9-21-16-4-2-1-3-12(10)16/h1-9,25H,(H,22,24)/b10-7+. The number of aromatic hydroxyl groups is 1. The molecule has 0 radical (unpaired) electrons. The average Bonchev–Trinajstić information content (AvgIpc) is 3.14. The van der Waals surface area contributed by atoms with Crippen molar-refractivity contribution < 1.29 is 5.11 Å². The van der Waals surface area contributed by atoms with Crippen molar-refractivity contribution >= 4 is 46.8 Å². The molecule has 2 heterocycles. The van der Waals surface area contributed by atoms with Crippen LogP contribution in [0.4, 0.5) is 5.69 Å². The van der Waals surface area contributed by atoms with Crippen molar-refractivity contribution in [1.82, 2.24) is 9.78 Å². The first-order valence-electron chi connectivity index (χ1n) is 7.39. The molecule has 5 nitrogen and oxygen atoms in total. The average molecular weight is 372 g/mol. The first-order chi connectivity index (χ1) is 12.0. The topological polar surface area (TPSA) is 70.4 Å². The van der Waals surface area contributed by atoms with Gasteiger partial charge in [0.25, 0.3) is 5.56 Å². The van der Waals surface area contributed by atoms with Gasteiger partial charge in [-0.3, -0.25) is 14.9 Å². The van der Waals surface area contributed by atoms with Gasteiger partial charge in [-0.25, -0.2) is 4.68 Å². The van der Waals surface area contributed by atoms with Gasteiger partial charge in [-0.2, -0.15) is 0 Å². The van der Waals surface area contributed by atoms with E-state index in [1.807, 2.05) is 24.3 Å². The Hall–Kier alpha value is -2.76. The van der Waals surface area contributed by atoms with E-state index in [1.54, 1.807) is 30.5 Å². The molecule has 0 amide bonds. The van der Waals surface area contributed by atoms with Gasteiger partial charge in [0.1, 0.15) is 5.56 Å². The summed E-state index contributed by atoms with van der Waals surface area (Å²) in [7, 11) is 0. The summed E-state index contributed by atoms with van der Waals surface area (Å²) in [6, 6.07) is 12.4. The highest BCUT2D eigenvalue weighted by Crippen LogP contribution is 2.33. The van der Waals surface area contributed by atoms with Crippen LogP contribution in [-0.2, 0) is 0 Å². The maximum atomic E-state index is 12.3. The van der Waals surface area contributed by atoms with Gasteiger partial charge < -0.3 is 5.11 Å². The largest absolute Gasteiger partial charge is 0.493 e. The van der Waals surface area contributed by atoms with Crippen LogP contribution in [0.1, 0.15) is 11.1 Å². The van der Waals surface area contributed by atoms with E-state index in [0.717, 1.165) is 16.8 Å². The lowest BCUT2D eigenvalue weighted by Crippen LogP contribution is -2.05. The number of nitrogens with one attached hydrogen (secondary N) is 1. The summed E-state index contributed by atoms with van der Waals surface area (Å²) in [6.07, 6.45) is 3.28. The van der Waals surface area contributed by atoms with Crippen LogP contribution in [0.5, 0.6) is 5.88 Å². The lowest BCUT2D eigenvalue weighted by atomic mass is 10.1. The van der Waals surface area contributed by atoms with Crippen LogP contribution in [0.25, 0.3) is 17.3 Å². The number of nitrogens with zero attached hydrogens (tertiary/aromatic N) is 2. The number of halogens is 2. The highest BCUT2D eigenvalue weighted by atomic mass is 35.5. The summed E-state index contributed by atoms with van der Waals surface area (Å²) >= 11 is 11.9. The number of H-pyrrole nitrogens is 1. The zero-order valence-electron chi connectivity index (χ0n) is 12.7. The Morgan fingerprint density at radius 3 is 2.72 bits per heavy atom. The Labute approximate surface area is 152 Å². The molecule has 0 fully saturated rings. The zero-order valence-corrected chi connectivity index (χ0v) is 14.2. The van der Waals surface area contributed by atoms with E-state index in [4.69, 9.17) is 23.2 Å². The molecule has 0 saturated heterocycles. The van der Waals surface area contributed by atoms with Crippen LogP contribution in [0.15, 0.2) is 52.3 Å². The molecular formula is C18H11Cl2N3O2. The molecule has 7 heteroatoms. The van der Waals surface area contributed by atoms with Gasteiger partial charge in [0.05, 0.1) is 21.4 Å². The summed E-state index contributed by atoms with van der Waals surface area (Å²) in [5, 5.41) is 13.8. The van der Waals surface area contributed by atoms with Gasteiger partial charge >= 0.3 is 0 Å². The number of hydrogen-bond donors (Lipinski definition) is 2. The third-order valence-corrected chi connectivity index (χ3v) is 4.67. The van der Waals surface area contributed by atoms with Crippen LogP contribution >= 0.6 is 23.2 Å². The molecule has 124 valence electrons. The first kappa shape index (κ1) is 15.7. The number of para-hydroxylation sites is 1. The van der Waals surface area contributed by atoms with E-state index in [9.17, 15) is 9.90 Å². The Kier molecular flexibility index (Phi) is 3.75. The summed E-state index contributed by atoms with van der Waals surface area (Å²) in [5.74, 6) is -0.214. The molecule has 0 bridgehead atoms. The second-order valence-electron chi connectivity index (χ2n) is 5.49. The summed E-state index contributed by atoms with van der Waals surface area (Å²) in [5.41, 5.74) is 2.70. The predicted octanol–water partition coefficient (Wildman–Crippen LogP) is 4.43. The number of aromatic amines is 1. The lowest BCUT2D eigenvalue weighted by Gasteiger charge is -2.05. The Morgan fingerprint density at radius 1 is 1.12 bits per heavy atom. The summed E-state index contributed by atoms with van der Waals surface area (Å²) in [4.78, 5) is 16.6. The molecule has 1 aliphatic rings. The fourth-order valence-corrected chi connectivity index (χ4v) is 2.98.